The summed E-state index contributed by atoms with van der Waals surface area (Å²) in [6.07, 6.45) is -0.637. The van der Waals surface area contributed by atoms with Crippen LogP contribution >= 0.6 is 0 Å². The number of hydrogen-bond donors (Lipinski definition) is 2. The van der Waals surface area contributed by atoms with E-state index >= 15 is 0 Å². The summed E-state index contributed by atoms with van der Waals surface area (Å²) in [7, 11) is -1.40. The van der Waals surface area contributed by atoms with E-state index in [4.69, 9.17) is 4.74 Å². The lowest BCUT2D eigenvalue weighted by molar-refractivity contribution is -0.137. The van der Waals surface area contributed by atoms with Crippen molar-refractivity contribution in [2.75, 3.05) is 26.7 Å². The Morgan fingerprint density at radius 3 is 2.59 bits per heavy atom. The molecule has 0 spiro atoms. The van der Waals surface area contributed by atoms with E-state index in [1.807, 2.05) is 25.2 Å². The van der Waals surface area contributed by atoms with Crippen LogP contribution in [0.4, 0.5) is 13.2 Å². The summed E-state index contributed by atoms with van der Waals surface area (Å²) >= 11 is 0. The average molecular weight is 497 g/mol. The Labute approximate surface area is 199 Å². The molecule has 186 valence electrons. The molecule has 2 N–H and O–H groups in total. The standard InChI is InChI=1S/C25H31F3N2O3S/c1-29-16-19-14-18-8-9-21(33-11-10-30-34(31,32)22-6-3-7-22)15-24(18)23(19)13-17-4-2-5-20(12-17)25(26,27)28/h2,4-5,8-9,12,15,19,22-23,29-30H,3,6-7,10-11,13-14,16H2,1H3. The van der Waals surface area contributed by atoms with Crippen molar-refractivity contribution >= 4 is 10.0 Å². The third kappa shape index (κ3) is 5.75. The van der Waals surface area contributed by atoms with Gasteiger partial charge in [0.15, 0.2) is 0 Å². The molecule has 0 heterocycles. The molecule has 2 atom stereocenters. The third-order valence-corrected chi connectivity index (χ3v) is 8.86. The zero-order valence-corrected chi connectivity index (χ0v) is 20.0. The Kier molecular flexibility index (Phi) is 7.54. The Morgan fingerprint density at radius 2 is 1.91 bits per heavy atom. The molecular formula is C25H31F3N2O3S. The van der Waals surface area contributed by atoms with Crippen LogP contribution in [0, 0.1) is 5.92 Å². The van der Waals surface area contributed by atoms with Gasteiger partial charge in [-0.15, -0.1) is 0 Å². The predicted octanol–water partition coefficient (Wildman–Crippen LogP) is 4.27. The number of nitrogens with one attached hydrogen (secondary N) is 2. The van der Waals surface area contributed by atoms with Crippen molar-refractivity contribution in [2.45, 2.75) is 49.4 Å². The molecule has 2 aliphatic rings. The maximum atomic E-state index is 13.2. The van der Waals surface area contributed by atoms with E-state index in [-0.39, 0.29) is 30.2 Å². The highest BCUT2D eigenvalue weighted by atomic mass is 32.2. The number of ether oxygens (including phenoxy) is 1. The smallest absolute Gasteiger partial charge is 0.416 e. The molecule has 5 nitrogen and oxygen atoms in total. The topological polar surface area (TPSA) is 67.4 Å². The molecule has 34 heavy (non-hydrogen) atoms. The third-order valence-electron chi connectivity index (χ3n) is 6.91. The molecule has 0 bridgehead atoms. The molecule has 2 unspecified atom stereocenters. The Hall–Kier alpha value is -2.10. The van der Waals surface area contributed by atoms with Gasteiger partial charge >= 0.3 is 6.18 Å². The van der Waals surface area contributed by atoms with E-state index in [9.17, 15) is 21.6 Å². The number of halogens is 3. The van der Waals surface area contributed by atoms with E-state index in [1.165, 1.54) is 17.7 Å². The Bertz CT molecular complexity index is 1100. The van der Waals surface area contributed by atoms with Crippen LogP contribution in [0.15, 0.2) is 42.5 Å². The van der Waals surface area contributed by atoms with Gasteiger partial charge in [-0.1, -0.05) is 30.7 Å². The highest BCUT2D eigenvalue weighted by Crippen LogP contribution is 2.42. The molecule has 2 aromatic rings. The first-order valence-corrected chi connectivity index (χ1v) is 13.3. The lowest BCUT2D eigenvalue weighted by atomic mass is 9.86. The number of alkyl halides is 3. The summed E-state index contributed by atoms with van der Waals surface area (Å²) in [5.74, 6) is 0.964. The average Bonchev–Trinajstić information content (AvgIpc) is 3.06. The fourth-order valence-electron chi connectivity index (χ4n) is 4.91. The maximum Gasteiger partial charge on any atom is 0.416 e. The van der Waals surface area contributed by atoms with Crippen molar-refractivity contribution in [3.8, 4) is 5.75 Å². The highest BCUT2D eigenvalue weighted by Gasteiger charge is 2.34. The molecule has 0 radical (unpaired) electrons. The van der Waals surface area contributed by atoms with Crippen molar-refractivity contribution in [3.05, 3.63) is 64.7 Å². The van der Waals surface area contributed by atoms with Crippen LogP contribution in [-0.4, -0.2) is 40.4 Å². The van der Waals surface area contributed by atoms with Crippen LogP contribution in [0.2, 0.25) is 0 Å². The summed E-state index contributed by atoms with van der Waals surface area (Å²) in [6, 6.07) is 11.4. The lowest BCUT2D eigenvalue weighted by Crippen LogP contribution is -2.40. The van der Waals surface area contributed by atoms with Gasteiger partial charge in [0, 0.05) is 6.54 Å². The summed E-state index contributed by atoms with van der Waals surface area (Å²) in [6.45, 7) is 1.17. The summed E-state index contributed by atoms with van der Waals surface area (Å²) < 4.78 is 72.3. The number of fused-ring (bicyclic) bond motifs is 1. The zero-order valence-electron chi connectivity index (χ0n) is 19.2. The summed E-state index contributed by atoms with van der Waals surface area (Å²) in [4.78, 5) is 0. The quantitative estimate of drug-likeness (QED) is 0.482. The van der Waals surface area contributed by atoms with E-state index in [2.05, 4.69) is 10.0 Å². The van der Waals surface area contributed by atoms with Gasteiger partial charge in [-0.05, 0) is 86.0 Å². The molecule has 0 aromatic heterocycles. The number of hydrogen-bond acceptors (Lipinski definition) is 4. The van der Waals surface area contributed by atoms with Crippen LogP contribution in [0.3, 0.4) is 0 Å². The molecule has 9 heteroatoms. The van der Waals surface area contributed by atoms with Crippen molar-refractivity contribution in [1.29, 1.82) is 0 Å². The highest BCUT2D eigenvalue weighted by molar-refractivity contribution is 7.90. The van der Waals surface area contributed by atoms with Crippen molar-refractivity contribution < 1.29 is 26.3 Å². The van der Waals surface area contributed by atoms with Gasteiger partial charge < -0.3 is 10.1 Å². The van der Waals surface area contributed by atoms with Crippen molar-refractivity contribution in [2.24, 2.45) is 5.92 Å². The van der Waals surface area contributed by atoms with E-state index in [0.717, 1.165) is 31.0 Å². The van der Waals surface area contributed by atoms with Gasteiger partial charge in [0.2, 0.25) is 10.0 Å². The molecule has 0 aliphatic heterocycles. The van der Waals surface area contributed by atoms with Gasteiger partial charge in [0.1, 0.15) is 12.4 Å². The van der Waals surface area contributed by atoms with Crippen molar-refractivity contribution in [1.82, 2.24) is 10.0 Å². The number of sulfonamides is 1. The van der Waals surface area contributed by atoms with Crippen LogP contribution in [-0.2, 0) is 29.0 Å². The summed E-state index contributed by atoms with van der Waals surface area (Å²) in [5, 5.41) is 2.92. The largest absolute Gasteiger partial charge is 0.492 e. The van der Waals surface area contributed by atoms with E-state index in [0.29, 0.717) is 30.6 Å². The minimum Gasteiger partial charge on any atom is -0.492 e. The second-order valence-corrected chi connectivity index (χ2v) is 11.3. The molecule has 2 aliphatic carbocycles. The Balaban J connectivity index is 1.44. The second kappa shape index (κ2) is 10.3. The fourth-order valence-corrected chi connectivity index (χ4v) is 6.46. The summed E-state index contributed by atoms with van der Waals surface area (Å²) in [5.41, 5.74) is 2.29. The van der Waals surface area contributed by atoms with Gasteiger partial charge in [0.25, 0.3) is 0 Å². The maximum absolute atomic E-state index is 13.2. The lowest BCUT2D eigenvalue weighted by Gasteiger charge is -2.25. The zero-order chi connectivity index (χ0) is 24.3. The first-order chi connectivity index (χ1) is 16.2. The molecule has 4 rings (SSSR count). The number of benzene rings is 2. The molecule has 1 fully saturated rings. The predicted molar refractivity (Wildman–Crippen MR) is 126 cm³/mol. The monoisotopic (exact) mass is 496 g/mol. The van der Waals surface area contributed by atoms with Crippen LogP contribution in [0.5, 0.6) is 5.75 Å². The molecular weight excluding hydrogens is 465 g/mol. The molecule has 0 amide bonds. The SMILES string of the molecule is CNCC1Cc2ccc(OCCNS(=O)(=O)C3CCC3)cc2C1Cc1cccc(C(F)(F)F)c1. The van der Waals surface area contributed by atoms with Crippen LogP contribution < -0.4 is 14.8 Å². The number of rotatable bonds is 10. The van der Waals surface area contributed by atoms with Crippen LogP contribution in [0.25, 0.3) is 0 Å². The van der Waals surface area contributed by atoms with Gasteiger partial charge in [-0.25, -0.2) is 13.1 Å². The fraction of sp³-hybridized carbons (Fsp3) is 0.520. The van der Waals surface area contributed by atoms with Crippen LogP contribution in [0.1, 0.15) is 47.4 Å². The first-order valence-electron chi connectivity index (χ1n) is 11.7. The minimum atomic E-state index is -4.37. The minimum absolute atomic E-state index is 0.0617. The van der Waals surface area contributed by atoms with Gasteiger partial charge in [-0.3, -0.25) is 0 Å². The molecule has 2 aromatic carbocycles. The molecule has 1 saturated carbocycles. The van der Waals surface area contributed by atoms with Gasteiger partial charge in [-0.2, -0.15) is 13.2 Å². The van der Waals surface area contributed by atoms with E-state index in [1.54, 1.807) is 6.07 Å². The first kappa shape index (κ1) is 25.0. The normalized spacial score (nSPS) is 20.7. The molecule has 0 saturated heterocycles. The Morgan fingerprint density at radius 1 is 1.12 bits per heavy atom. The second-order valence-electron chi connectivity index (χ2n) is 9.23. The van der Waals surface area contributed by atoms with Crippen molar-refractivity contribution in [3.63, 3.8) is 0 Å². The van der Waals surface area contributed by atoms with E-state index < -0.39 is 21.8 Å². The van der Waals surface area contributed by atoms with Gasteiger partial charge in [0.05, 0.1) is 10.8 Å².